The molecule has 4 nitrogen and oxygen atoms in total. The quantitative estimate of drug-likeness (QED) is 0.603. The second-order valence-corrected chi connectivity index (χ2v) is 7.27. The summed E-state index contributed by atoms with van der Waals surface area (Å²) in [6.45, 7) is 5.41. The van der Waals surface area contributed by atoms with Crippen LogP contribution < -0.4 is 9.47 Å². The van der Waals surface area contributed by atoms with Gasteiger partial charge in [-0.3, -0.25) is 4.90 Å². The monoisotopic (exact) mass is 397 g/mol. The van der Waals surface area contributed by atoms with Crippen LogP contribution in [0.1, 0.15) is 35.4 Å². The number of hydrogen-bond acceptors (Lipinski definition) is 5. The largest absolute Gasteiger partial charge is 0.493 e. The second kappa shape index (κ2) is 10.2. The molecule has 26 heavy (non-hydrogen) atoms. The number of benzene rings is 1. The Hall–Kier alpha value is -1.27. The highest BCUT2D eigenvalue weighted by Crippen LogP contribution is 2.37. The lowest BCUT2D eigenvalue weighted by Crippen LogP contribution is -2.33. The Morgan fingerprint density at radius 2 is 2.00 bits per heavy atom. The minimum Gasteiger partial charge on any atom is -0.493 e. The molecule has 2 heterocycles. The highest BCUT2D eigenvalue weighted by atomic mass is 35.5. The van der Waals surface area contributed by atoms with Crippen LogP contribution in [0, 0.1) is 0 Å². The fraction of sp³-hybridized carbons (Fsp3) is 0.500. The summed E-state index contributed by atoms with van der Waals surface area (Å²) >= 11 is 1.90. The first-order valence-corrected chi connectivity index (χ1v) is 9.73. The molecule has 0 bridgehead atoms. The van der Waals surface area contributed by atoms with Gasteiger partial charge in [0.05, 0.1) is 13.7 Å². The third-order valence-corrected chi connectivity index (χ3v) is 5.75. The third-order valence-electron chi connectivity index (χ3n) is 4.75. The first-order valence-electron chi connectivity index (χ1n) is 8.85. The van der Waals surface area contributed by atoms with Crippen molar-refractivity contribution in [1.29, 1.82) is 0 Å². The lowest BCUT2D eigenvalue weighted by molar-refractivity contribution is 0.143. The van der Waals surface area contributed by atoms with Gasteiger partial charge in [0.25, 0.3) is 0 Å². The molecule has 2 aromatic rings. The number of nitrogens with zero attached hydrogens (tertiary/aromatic N) is 1. The molecule has 144 valence electrons. The van der Waals surface area contributed by atoms with E-state index in [9.17, 15) is 0 Å². The van der Waals surface area contributed by atoms with Gasteiger partial charge in [-0.1, -0.05) is 13.0 Å². The number of ether oxygens (including phenoxy) is 3. The Kier molecular flexibility index (Phi) is 8.22. The van der Waals surface area contributed by atoms with Gasteiger partial charge in [-0.25, -0.2) is 0 Å². The fourth-order valence-corrected chi connectivity index (χ4v) is 4.45. The molecule has 0 amide bonds. The predicted molar refractivity (Wildman–Crippen MR) is 109 cm³/mol. The van der Waals surface area contributed by atoms with Crippen molar-refractivity contribution in [2.45, 2.75) is 32.4 Å². The molecule has 1 unspecified atom stereocenters. The molecule has 0 saturated heterocycles. The predicted octanol–water partition coefficient (Wildman–Crippen LogP) is 4.71. The van der Waals surface area contributed by atoms with Crippen molar-refractivity contribution in [3.63, 3.8) is 0 Å². The van der Waals surface area contributed by atoms with Crippen molar-refractivity contribution >= 4 is 23.7 Å². The third kappa shape index (κ3) is 4.71. The van der Waals surface area contributed by atoms with Gasteiger partial charge in [0.2, 0.25) is 0 Å². The Bertz CT molecular complexity index is 691. The number of thiophene rings is 1. The zero-order valence-corrected chi connectivity index (χ0v) is 17.3. The molecule has 1 aliphatic heterocycles. The van der Waals surface area contributed by atoms with Gasteiger partial charge < -0.3 is 14.2 Å². The van der Waals surface area contributed by atoms with Gasteiger partial charge in [0, 0.05) is 31.1 Å². The van der Waals surface area contributed by atoms with Crippen LogP contribution in [0.5, 0.6) is 11.5 Å². The van der Waals surface area contributed by atoms with Crippen molar-refractivity contribution < 1.29 is 14.2 Å². The summed E-state index contributed by atoms with van der Waals surface area (Å²) in [4.78, 5) is 4.14. The number of rotatable bonds is 8. The van der Waals surface area contributed by atoms with Crippen molar-refractivity contribution in [1.82, 2.24) is 4.90 Å². The van der Waals surface area contributed by atoms with Gasteiger partial charge in [-0.2, -0.15) is 0 Å². The van der Waals surface area contributed by atoms with Crippen LogP contribution in [0.2, 0.25) is 0 Å². The highest BCUT2D eigenvalue weighted by Gasteiger charge is 2.27. The second-order valence-electron chi connectivity index (χ2n) is 6.27. The van der Waals surface area contributed by atoms with E-state index in [0.29, 0.717) is 19.3 Å². The molecule has 0 saturated carbocycles. The summed E-state index contributed by atoms with van der Waals surface area (Å²) in [5.41, 5.74) is 2.77. The van der Waals surface area contributed by atoms with E-state index < -0.39 is 0 Å². The number of fused-ring (bicyclic) bond motifs is 1. The molecule has 0 N–H and O–H groups in total. The molecule has 0 fully saturated rings. The van der Waals surface area contributed by atoms with Gasteiger partial charge in [-0.05, 0) is 47.5 Å². The first-order chi connectivity index (χ1) is 12.3. The zero-order chi connectivity index (χ0) is 17.6. The lowest BCUT2D eigenvalue weighted by atomic mass is 9.97. The average Bonchev–Trinajstić information content (AvgIpc) is 3.11. The number of hydrogen-bond donors (Lipinski definition) is 0. The molecule has 0 aliphatic carbocycles. The van der Waals surface area contributed by atoms with Crippen LogP contribution in [-0.4, -0.2) is 38.9 Å². The van der Waals surface area contributed by atoms with Crippen LogP contribution >= 0.6 is 23.7 Å². The van der Waals surface area contributed by atoms with Crippen LogP contribution in [0.15, 0.2) is 29.6 Å². The summed E-state index contributed by atoms with van der Waals surface area (Å²) < 4.78 is 16.3. The fourth-order valence-electron chi connectivity index (χ4n) is 3.52. The molecule has 0 spiro atoms. The number of halogens is 1. The molecular formula is C20H28ClNO3S. The molecular weight excluding hydrogens is 370 g/mol. The van der Waals surface area contributed by atoms with E-state index in [2.05, 4.69) is 35.4 Å². The van der Waals surface area contributed by atoms with Crippen molar-refractivity contribution in [3.8, 4) is 11.5 Å². The molecule has 0 radical (unpaired) electrons. The van der Waals surface area contributed by atoms with E-state index in [1.807, 2.05) is 17.4 Å². The smallest absolute Gasteiger partial charge is 0.161 e. The molecule has 1 aromatic heterocycles. The van der Waals surface area contributed by atoms with Crippen molar-refractivity contribution in [2.24, 2.45) is 0 Å². The molecule has 1 aromatic carbocycles. The highest BCUT2D eigenvalue weighted by molar-refractivity contribution is 7.10. The Morgan fingerprint density at radius 1 is 1.15 bits per heavy atom. The minimum absolute atomic E-state index is 0. The van der Waals surface area contributed by atoms with Crippen LogP contribution in [0.4, 0.5) is 0 Å². The summed E-state index contributed by atoms with van der Waals surface area (Å²) in [6.07, 6.45) is 2.29. The Morgan fingerprint density at radius 3 is 2.73 bits per heavy atom. The van der Waals surface area contributed by atoms with E-state index in [1.165, 1.54) is 11.1 Å². The van der Waals surface area contributed by atoms with Gasteiger partial charge in [0.15, 0.2) is 11.5 Å². The average molecular weight is 398 g/mol. The SMILES string of the molecule is CCC1c2ccsc2CCN1Cc1ccc(OC)c(OCCOC)c1.Cl. The standard InChI is InChI=1S/C20H27NO3S.ClH/c1-4-17-16-8-12-25-20(16)7-9-21(17)14-15-5-6-18(23-3)19(13-15)24-11-10-22-2;/h5-6,8,12-13,17H,4,7,9-11,14H2,1-3H3;1H. The van der Waals surface area contributed by atoms with E-state index >= 15 is 0 Å². The summed E-state index contributed by atoms with van der Waals surface area (Å²) in [5, 5.41) is 2.23. The normalized spacial score (nSPS) is 16.7. The summed E-state index contributed by atoms with van der Waals surface area (Å²) in [6, 6.07) is 9.05. The summed E-state index contributed by atoms with van der Waals surface area (Å²) in [5.74, 6) is 1.56. The first kappa shape index (κ1) is 21.0. The van der Waals surface area contributed by atoms with Gasteiger partial charge in [-0.15, -0.1) is 23.7 Å². The van der Waals surface area contributed by atoms with E-state index in [4.69, 9.17) is 14.2 Å². The zero-order valence-electron chi connectivity index (χ0n) is 15.7. The lowest BCUT2D eigenvalue weighted by Gasteiger charge is -2.35. The van der Waals surface area contributed by atoms with E-state index in [1.54, 1.807) is 19.1 Å². The maximum Gasteiger partial charge on any atom is 0.161 e. The Labute approximate surface area is 166 Å². The van der Waals surface area contributed by atoms with Crippen LogP contribution in [0.25, 0.3) is 0 Å². The molecule has 1 aliphatic rings. The summed E-state index contributed by atoms with van der Waals surface area (Å²) in [7, 11) is 3.35. The van der Waals surface area contributed by atoms with Crippen molar-refractivity contribution in [3.05, 3.63) is 45.6 Å². The maximum atomic E-state index is 5.83. The van der Waals surface area contributed by atoms with Gasteiger partial charge in [0.1, 0.15) is 6.61 Å². The minimum atomic E-state index is 0. The topological polar surface area (TPSA) is 30.9 Å². The molecule has 3 rings (SSSR count). The van der Waals surface area contributed by atoms with E-state index in [-0.39, 0.29) is 12.4 Å². The Balaban J connectivity index is 0.00000243. The molecule has 1 atom stereocenters. The van der Waals surface area contributed by atoms with Crippen LogP contribution in [0.3, 0.4) is 0 Å². The van der Waals surface area contributed by atoms with Crippen molar-refractivity contribution in [2.75, 3.05) is 34.0 Å². The number of methoxy groups -OCH3 is 2. The van der Waals surface area contributed by atoms with Gasteiger partial charge >= 0.3 is 0 Å². The van der Waals surface area contributed by atoms with Crippen LogP contribution in [-0.2, 0) is 17.7 Å². The molecule has 6 heteroatoms. The maximum absolute atomic E-state index is 5.83. The van der Waals surface area contributed by atoms with E-state index in [0.717, 1.165) is 37.4 Å².